The number of carboxylic acid groups (broad SMARTS) is 1. The van der Waals surface area contributed by atoms with Gasteiger partial charge in [-0.1, -0.05) is 6.07 Å². The number of Topliss-reactive ketones (excluding diaryl/α,β-unsaturated/α-hetero) is 1. The van der Waals surface area contributed by atoms with E-state index in [1.165, 1.54) is 25.3 Å². The molecule has 6 heteroatoms. The molecule has 98 valence electrons. The third-order valence-electron chi connectivity index (χ3n) is 2.64. The zero-order valence-corrected chi connectivity index (χ0v) is 9.85. The van der Waals surface area contributed by atoms with Gasteiger partial charge in [0.05, 0.1) is 5.69 Å². The summed E-state index contributed by atoms with van der Waals surface area (Å²) in [6.45, 7) is 1.26. The van der Waals surface area contributed by atoms with Gasteiger partial charge in [-0.25, -0.2) is 13.6 Å². The largest absolute Gasteiger partial charge is 0.477 e. The minimum atomic E-state index is -1.34. The van der Waals surface area contributed by atoms with Crippen molar-refractivity contribution in [2.75, 3.05) is 0 Å². The van der Waals surface area contributed by atoms with Crippen LogP contribution in [0.15, 0.2) is 30.5 Å². The van der Waals surface area contributed by atoms with Gasteiger partial charge in [-0.15, -0.1) is 0 Å². The molecule has 1 aromatic heterocycles. The van der Waals surface area contributed by atoms with Crippen LogP contribution in [0.4, 0.5) is 8.78 Å². The van der Waals surface area contributed by atoms with Crippen LogP contribution in [0.5, 0.6) is 0 Å². The molecule has 0 radical (unpaired) electrons. The number of aromatic carboxylic acids is 1. The maximum Gasteiger partial charge on any atom is 0.352 e. The monoisotopic (exact) mass is 265 g/mol. The Bertz CT molecular complexity index is 677. The fourth-order valence-corrected chi connectivity index (χ4v) is 1.70. The van der Waals surface area contributed by atoms with E-state index in [9.17, 15) is 18.4 Å². The number of carbonyl (C=O) groups excluding carboxylic acids is 1. The van der Waals surface area contributed by atoms with Crippen LogP contribution in [-0.2, 0) is 0 Å². The standard InChI is InChI=1S/C13H9F2NO3/c1-7(17)8-5-11(13(18)19)16(6-8)10-4-2-3-9(14)12(10)15/h2-6H,1H3,(H,18,19). The highest BCUT2D eigenvalue weighted by Crippen LogP contribution is 2.21. The van der Waals surface area contributed by atoms with Crippen LogP contribution in [0.1, 0.15) is 27.8 Å². The van der Waals surface area contributed by atoms with Gasteiger partial charge in [0.15, 0.2) is 17.4 Å². The molecule has 0 unspecified atom stereocenters. The molecule has 1 heterocycles. The fraction of sp³-hybridized carbons (Fsp3) is 0.0769. The Morgan fingerprint density at radius 1 is 1.26 bits per heavy atom. The highest BCUT2D eigenvalue weighted by Gasteiger charge is 2.19. The van der Waals surface area contributed by atoms with Crippen LogP contribution >= 0.6 is 0 Å². The first-order valence-corrected chi connectivity index (χ1v) is 5.33. The zero-order valence-electron chi connectivity index (χ0n) is 9.85. The van der Waals surface area contributed by atoms with Crippen molar-refractivity contribution >= 4 is 11.8 Å². The number of carboxylic acids is 1. The van der Waals surface area contributed by atoms with E-state index in [0.717, 1.165) is 16.7 Å². The summed E-state index contributed by atoms with van der Waals surface area (Å²) in [5.74, 6) is -3.96. The Hall–Kier alpha value is -2.50. The first-order valence-electron chi connectivity index (χ1n) is 5.33. The molecule has 0 atom stereocenters. The Morgan fingerprint density at radius 3 is 2.53 bits per heavy atom. The Labute approximate surface area is 106 Å². The fourth-order valence-electron chi connectivity index (χ4n) is 1.70. The predicted octanol–water partition coefficient (Wildman–Crippen LogP) is 2.66. The summed E-state index contributed by atoms with van der Waals surface area (Å²) >= 11 is 0. The van der Waals surface area contributed by atoms with E-state index in [1.54, 1.807) is 0 Å². The van der Waals surface area contributed by atoms with Crippen LogP contribution in [0, 0.1) is 11.6 Å². The van der Waals surface area contributed by atoms with Gasteiger partial charge in [0.2, 0.25) is 0 Å². The molecule has 0 spiro atoms. The summed E-state index contributed by atoms with van der Waals surface area (Å²) in [7, 11) is 0. The Morgan fingerprint density at radius 2 is 1.95 bits per heavy atom. The second-order valence-corrected chi connectivity index (χ2v) is 3.92. The molecule has 0 amide bonds. The lowest BCUT2D eigenvalue weighted by molar-refractivity contribution is 0.0688. The second-order valence-electron chi connectivity index (χ2n) is 3.92. The van der Waals surface area contributed by atoms with Gasteiger partial charge in [-0.05, 0) is 25.1 Å². The van der Waals surface area contributed by atoms with E-state index >= 15 is 0 Å². The molecule has 0 aliphatic rings. The van der Waals surface area contributed by atoms with Gasteiger partial charge in [-0.2, -0.15) is 0 Å². The third kappa shape index (κ3) is 2.24. The van der Waals surface area contributed by atoms with E-state index in [1.807, 2.05) is 0 Å². The average Bonchev–Trinajstić information content (AvgIpc) is 2.77. The summed E-state index contributed by atoms with van der Waals surface area (Å²) in [5.41, 5.74) is -0.458. The van der Waals surface area contributed by atoms with Crippen molar-refractivity contribution in [2.45, 2.75) is 6.92 Å². The molecule has 1 N–H and O–H groups in total. The quantitative estimate of drug-likeness (QED) is 0.868. The number of ketones is 1. The number of benzene rings is 1. The van der Waals surface area contributed by atoms with Gasteiger partial charge in [0, 0.05) is 11.8 Å². The summed E-state index contributed by atoms with van der Waals surface area (Å²) < 4.78 is 27.8. The molecule has 0 saturated carbocycles. The molecule has 2 aromatic rings. The van der Waals surface area contributed by atoms with Crippen LogP contribution in [-0.4, -0.2) is 21.4 Å². The van der Waals surface area contributed by atoms with Gasteiger partial charge in [0.1, 0.15) is 5.69 Å². The van der Waals surface area contributed by atoms with Crippen molar-refractivity contribution in [1.29, 1.82) is 0 Å². The number of rotatable bonds is 3. The summed E-state index contributed by atoms with van der Waals surface area (Å²) in [6.07, 6.45) is 1.17. The number of hydrogen-bond acceptors (Lipinski definition) is 2. The first-order chi connectivity index (χ1) is 8.91. The molecular weight excluding hydrogens is 256 g/mol. The molecule has 19 heavy (non-hydrogen) atoms. The lowest BCUT2D eigenvalue weighted by Crippen LogP contribution is -2.07. The zero-order chi connectivity index (χ0) is 14.2. The molecular formula is C13H9F2NO3. The number of carbonyl (C=O) groups is 2. The first kappa shape index (κ1) is 12.9. The Balaban J connectivity index is 2.70. The van der Waals surface area contributed by atoms with Crippen LogP contribution in [0.3, 0.4) is 0 Å². The molecule has 0 saturated heterocycles. The van der Waals surface area contributed by atoms with Crippen molar-refractivity contribution < 1.29 is 23.5 Å². The van der Waals surface area contributed by atoms with Crippen molar-refractivity contribution in [1.82, 2.24) is 4.57 Å². The Kier molecular flexibility index (Phi) is 3.16. The second kappa shape index (κ2) is 4.64. The predicted molar refractivity (Wildman–Crippen MR) is 62.6 cm³/mol. The summed E-state index contributed by atoms with van der Waals surface area (Å²) in [5, 5.41) is 9.03. The number of nitrogens with zero attached hydrogens (tertiary/aromatic N) is 1. The topological polar surface area (TPSA) is 59.3 Å². The smallest absolute Gasteiger partial charge is 0.352 e. The van der Waals surface area contributed by atoms with Gasteiger partial charge >= 0.3 is 5.97 Å². The van der Waals surface area contributed by atoms with Crippen molar-refractivity contribution in [2.24, 2.45) is 0 Å². The number of hydrogen-bond donors (Lipinski definition) is 1. The lowest BCUT2D eigenvalue weighted by Gasteiger charge is -2.07. The molecule has 0 aliphatic carbocycles. The highest BCUT2D eigenvalue weighted by molar-refractivity contribution is 5.97. The number of halogens is 2. The minimum absolute atomic E-state index is 0.112. The maximum absolute atomic E-state index is 13.7. The lowest BCUT2D eigenvalue weighted by atomic mass is 10.2. The van der Waals surface area contributed by atoms with Crippen LogP contribution < -0.4 is 0 Å². The molecule has 0 aliphatic heterocycles. The minimum Gasteiger partial charge on any atom is -0.477 e. The van der Waals surface area contributed by atoms with E-state index in [2.05, 4.69) is 0 Å². The average molecular weight is 265 g/mol. The van der Waals surface area contributed by atoms with Crippen molar-refractivity contribution in [3.63, 3.8) is 0 Å². The molecule has 4 nitrogen and oxygen atoms in total. The summed E-state index contributed by atoms with van der Waals surface area (Å²) in [6, 6.07) is 4.53. The van der Waals surface area contributed by atoms with E-state index < -0.39 is 17.6 Å². The van der Waals surface area contributed by atoms with Gasteiger partial charge < -0.3 is 9.67 Å². The maximum atomic E-state index is 13.7. The van der Waals surface area contributed by atoms with Crippen molar-refractivity contribution in [3.05, 3.63) is 53.4 Å². The van der Waals surface area contributed by atoms with Crippen molar-refractivity contribution in [3.8, 4) is 5.69 Å². The SMILES string of the molecule is CC(=O)c1cc(C(=O)O)n(-c2cccc(F)c2F)c1. The molecule has 0 fully saturated rings. The van der Waals surface area contributed by atoms with Crippen LogP contribution in [0.25, 0.3) is 5.69 Å². The highest BCUT2D eigenvalue weighted by atomic mass is 19.2. The molecule has 1 aromatic carbocycles. The molecule has 0 bridgehead atoms. The van der Waals surface area contributed by atoms with Crippen LogP contribution in [0.2, 0.25) is 0 Å². The van der Waals surface area contributed by atoms with E-state index in [0.29, 0.717) is 0 Å². The summed E-state index contributed by atoms with van der Waals surface area (Å²) in [4.78, 5) is 22.3. The van der Waals surface area contributed by atoms with E-state index in [4.69, 9.17) is 5.11 Å². The molecule has 2 rings (SSSR count). The van der Waals surface area contributed by atoms with Gasteiger partial charge in [-0.3, -0.25) is 4.79 Å². The third-order valence-corrected chi connectivity index (χ3v) is 2.64. The van der Waals surface area contributed by atoms with E-state index in [-0.39, 0.29) is 22.7 Å². The normalized spacial score (nSPS) is 10.5. The number of aromatic nitrogens is 1. The van der Waals surface area contributed by atoms with Gasteiger partial charge in [0.25, 0.3) is 0 Å².